The highest BCUT2D eigenvalue weighted by Gasteiger charge is 2.28. The number of nitrogens with one attached hydrogen (secondary N) is 2. The predicted octanol–water partition coefficient (Wildman–Crippen LogP) is 4.87. The van der Waals surface area contributed by atoms with Gasteiger partial charge < -0.3 is 9.73 Å². The SMILES string of the molecule is Cc1c(C(=O)Nc2ccc(Cl)cc2)oc2c1/C(=N/NC(=O)c1cccc([N+](=O)[O-])c1)CCC2. The van der Waals surface area contributed by atoms with E-state index in [1.54, 1.807) is 31.2 Å². The van der Waals surface area contributed by atoms with Gasteiger partial charge in [0.2, 0.25) is 0 Å². The molecule has 2 N–H and O–H groups in total. The average molecular weight is 467 g/mol. The lowest BCUT2D eigenvalue weighted by atomic mass is 9.93. The third-order valence-corrected chi connectivity index (χ3v) is 5.50. The largest absolute Gasteiger partial charge is 0.455 e. The first-order chi connectivity index (χ1) is 15.8. The van der Waals surface area contributed by atoms with Crippen LogP contribution < -0.4 is 10.7 Å². The Morgan fingerprint density at radius 2 is 1.88 bits per heavy atom. The number of hydrogen-bond acceptors (Lipinski definition) is 6. The van der Waals surface area contributed by atoms with E-state index in [9.17, 15) is 19.7 Å². The quantitative estimate of drug-likeness (QED) is 0.409. The molecule has 2 aromatic carbocycles. The molecule has 0 bridgehead atoms. The molecule has 2 amide bonds. The number of carbonyl (C=O) groups is 2. The van der Waals surface area contributed by atoms with E-state index < -0.39 is 16.7 Å². The molecule has 0 radical (unpaired) electrons. The van der Waals surface area contributed by atoms with E-state index in [1.807, 2.05) is 0 Å². The van der Waals surface area contributed by atoms with Crippen LogP contribution in [-0.2, 0) is 6.42 Å². The summed E-state index contributed by atoms with van der Waals surface area (Å²) in [6.07, 6.45) is 1.97. The predicted molar refractivity (Wildman–Crippen MR) is 123 cm³/mol. The number of anilines is 1. The molecule has 0 atom stereocenters. The van der Waals surface area contributed by atoms with Gasteiger partial charge in [0.15, 0.2) is 5.76 Å². The third kappa shape index (κ3) is 4.78. The second-order valence-electron chi connectivity index (χ2n) is 7.48. The second kappa shape index (κ2) is 9.25. The molecule has 1 aliphatic rings. The average Bonchev–Trinajstić information content (AvgIpc) is 3.16. The molecule has 168 valence electrons. The maximum absolute atomic E-state index is 12.8. The minimum atomic E-state index is -0.569. The number of nitro benzene ring substituents is 1. The first-order valence-electron chi connectivity index (χ1n) is 10.1. The molecule has 1 aromatic heterocycles. The number of furan rings is 1. The summed E-state index contributed by atoms with van der Waals surface area (Å²) >= 11 is 5.88. The van der Waals surface area contributed by atoms with Crippen molar-refractivity contribution in [2.45, 2.75) is 26.2 Å². The lowest BCUT2D eigenvalue weighted by Gasteiger charge is -2.13. The molecule has 0 aliphatic heterocycles. The zero-order chi connectivity index (χ0) is 23.5. The molecule has 33 heavy (non-hydrogen) atoms. The van der Waals surface area contributed by atoms with Crippen LogP contribution in [0.25, 0.3) is 0 Å². The van der Waals surface area contributed by atoms with Crippen molar-refractivity contribution >= 4 is 40.5 Å². The number of halogens is 1. The summed E-state index contributed by atoms with van der Waals surface area (Å²) in [6, 6.07) is 12.1. The van der Waals surface area contributed by atoms with Crippen molar-refractivity contribution in [2.24, 2.45) is 5.10 Å². The number of hydrogen-bond donors (Lipinski definition) is 2. The van der Waals surface area contributed by atoms with Crippen LogP contribution in [-0.4, -0.2) is 22.4 Å². The van der Waals surface area contributed by atoms with E-state index in [2.05, 4.69) is 15.8 Å². The highest BCUT2D eigenvalue weighted by molar-refractivity contribution is 6.30. The number of non-ortho nitro benzene ring substituents is 1. The van der Waals surface area contributed by atoms with Crippen molar-refractivity contribution in [2.75, 3.05) is 5.32 Å². The third-order valence-electron chi connectivity index (χ3n) is 5.25. The van der Waals surface area contributed by atoms with Gasteiger partial charge in [-0.05, 0) is 50.1 Å². The summed E-state index contributed by atoms with van der Waals surface area (Å²) in [6.45, 7) is 1.77. The molecular formula is C23H19ClN4O5. The monoisotopic (exact) mass is 466 g/mol. The van der Waals surface area contributed by atoms with Crippen LogP contribution in [0.5, 0.6) is 0 Å². The fourth-order valence-corrected chi connectivity index (χ4v) is 3.79. The highest BCUT2D eigenvalue weighted by Crippen LogP contribution is 2.30. The van der Waals surface area contributed by atoms with E-state index in [-0.39, 0.29) is 17.0 Å². The molecule has 0 saturated heterocycles. The van der Waals surface area contributed by atoms with Gasteiger partial charge in [-0.2, -0.15) is 5.10 Å². The molecule has 4 rings (SSSR count). The van der Waals surface area contributed by atoms with E-state index in [4.69, 9.17) is 16.0 Å². The highest BCUT2D eigenvalue weighted by atomic mass is 35.5. The Kier molecular flexibility index (Phi) is 6.23. The molecular weight excluding hydrogens is 448 g/mol. The van der Waals surface area contributed by atoms with Crippen LogP contribution in [0.4, 0.5) is 11.4 Å². The fourth-order valence-electron chi connectivity index (χ4n) is 3.66. The standard InChI is InChI=1S/C23H19ClN4O5/c1-13-20-18(26-27-22(29)14-4-2-5-17(12-14)28(31)32)6-3-7-19(20)33-21(13)23(30)25-16-10-8-15(24)9-11-16/h2,4-5,8-12H,3,6-7H2,1H3,(H,25,30)(H,27,29)/b26-18+. The van der Waals surface area contributed by atoms with Crippen LogP contribution in [0.3, 0.4) is 0 Å². The Balaban J connectivity index is 1.55. The summed E-state index contributed by atoms with van der Waals surface area (Å²) in [5.74, 6) is -0.165. The van der Waals surface area contributed by atoms with Gasteiger partial charge >= 0.3 is 0 Å². The molecule has 0 spiro atoms. The minimum absolute atomic E-state index is 0.122. The van der Waals surface area contributed by atoms with Crippen LogP contribution in [0, 0.1) is 17.0 Å². The maximum Gasteiger partial charge on any atom is 0.291 e. The van der Waals surface area contributed by atoms with Gasteiger partial charge in [-0.15, -0.1) is 0 Å². The Labute approximate surface area is 193 Å². The molecule has 10 heteroatoms. The molecule has 9 nitrogen and oxygen atoms in total. The second-order valence-corrected chi connectivity index (χ2v) is 7.91. The normalized spacial score (nSPS) is 13.9. The van der Waals surface area contributed by atoms with Crippen molar-refractivity contribution in [1.82, 2.24) is 5.43 Å². The smallest absolute Gasteiger partial charge is 0.291 e. The number of rotatable bonds is 5. The van der Waals surface area contributed by atoms with E-state index in [0.717, 1.165) is 6.42 Å². The zero-order valence-corrected chi connectivity index (χ0v) is 18.3. The number of carbonyl (C=O) groups excluding carboxylic acids is 2. The molecule has 1 aliphatic carbocycles. The Bertz CT molecular complexity index is 1280. The van der Waals surface area contributed by atoms with Crippen molar-refractivity contribution in [3.05, 3.63) is 91.9 Å². The number of aryl methyl sites for hydroxylation is 1. The van der Waals surface area contributed by atoms with Crippen LogP contribution in [0.2, 0.25) is 5.02 Å². The number of benzene rings is 2. The lowest BCUT2D eigenvalue weighted by molar-refractivity contribution is -0.384. The number of hydrazone groups is 1. The van der Waals surface area contributed by atoms with Crippen molar-refractivity contribution in [3.8, 4) is 0 Å². The van der Waals surface area contributed by atoms with Gasteiger partial charge in [0.05, 0.1) is 10.6 Å². The summed E-state index contributed by atoms with van der Waals surface area (Å²) in [4.78, 5) is 35.6. The number of nitro groups is 1. The number of fused-ring (bicyclic) bond motifs is 1. The van der Waals surface area contributed by atoms with Gasteiger partial charge in [0, 0.05) is 46.0 Å². The Morgan fingerprint density at radius 1 is 1.12 bits per heavy atom. The summed E-state index contributed by atoms with van der Waals surface area (Å²) < 4.78 is 5.85. The van der Waals surface area contributed by atoms with Crippen molar-refractivity contribution in [1.29, 1.82) is 0 Å². The number of amides is 2. The zero-order valence-electron chi connectivity index (χ0n) is 17.6. The number of nitrogens with zero attached hydrogens (tertiary/aromatic N) is 2. The van der Waals surface area contributed by atoms with Gasteiger partial charge in [-0.1, -0.05) is 17.7 Å². The van der Waals surface area contributed by atoms with Crippen LogP contribution in [0.1, 0.15) is 50.6 Å². The van der Waals surface area contributed by atoms with Crippen LogP contribution in [0.15, 0.2) is 58.0 Å². The first-order valence-corrected chi connectivity index (χ1v) is 10.5. The van der Waals surface area contributed by atoms with Gasteiger partial charge in [0.1, 0.15) is 5.76 Å². The first kappa shape index (κ1) is 22.2. The van der Waals surface area contributed by atoms with Crippen molar-refractivity contribution < 1.29 is 18.9 Å². The fraction of sp³-hybridized carbons (Fsp3) is 0.174. The van der Waals surface area contributed by atoms with Crippen LogP contribution >= 0.6 is 11.6 Å². The topological polar surface area (TPSA) is 127 Å². The van der Waals surface area contributed by atoms with E-state index >= 15 is 0 Å². The van der Waals surface area contributed by atoms with E-state index in [0.29, 0.717) is 46.2 Å². The van der Waals surface area contributed by atoms with Gasteiger partial charge in [-0.25, -0.2) is 5.43 Å². The summed E-state index contributed by atoms with van der Waals surface area (Å²) in [5.41, 5.74) is 4.88. The molecule has 3 aromatic rings. The maximum atomic E-state index is 12.8. The molecule has 1 heterocycles. The van der Waals surface area contributed by atoms with Gasteiger partial charge in [-0.3, -0.25) is 19.7 Å². The van der Waals surface area contributed by atoms with E-state index in [1.165, 1.54) is 24.3 Å². The minimum Gasteiger partial charge on any atom is -0.455 e. The molecule has 0 fully saturated rings. The Hall–Kier alpha value is -3.98. The Morgan fingerprint density at radius 3 is 2.61 bits per heavy atom. The summed E-state index contributed by atoms with van der Waals surface area (Å²) in [5, 5.41) is 18.5. The molecule has 0 saturated carbocycles. The lowest BCUT2D eigenvalue weighted by Crippen LogP contribution is -2.22. The molecule has 0 unspecified atom stereocenters. The summed E-state index contributed by atoms with van der Waals surface area (Å²) in [7, 11) is 0. The van der Waals surface area contributed by atoms with Crippen molar-refractivity contribution in [3.63, 3.8) is 0 Å². The van der Waals surface area contributed by atoms with Gasteiger partial charge in [0.25, 0.3) is 17.5 Å².